The minimum atomic E-state index is -0.906. The summed E-state index contributed by atoms with van der Waals surface area (Å²) in [7, 11) is 0. The monoisotopic (exact) mass is 455 g/mol. The van der Waals surface area contributed by atoms with E-state index < -0.39 is 36.2 Å². The molecule has 2 aliphatic rings. The van der Waals surface area contributed by atoms with Gasteiger partial charge in [0, 0.05) is 12.4 Å². The first-order valence-corrected chi connectivity index (χ1v) is 10.8. The van der Waals surface area contributed by atoms with Crippen molar-refractivity contribution < 1.29 is 23.9 Å². The molecule has 5 rings (SSSR count). The number of ether oxygens (including phenoxy) is 2. The number of pyridine rings is 1. The maximum absolute atomic E-state index is 13.3. The van der Waals surface area contributed by atoms with Crippen molar-refractivity contribution >= 4 is 24.2 Å². The van der Waals surface area contributed by atoms with Gasteiger partial charge in [0.05, 0.1) is 12.1 Å². The average Bonchev–Trinajstić information content (AvgIpc) is 3.24. The number of hydrogen-bond acceptors (Lipinski definition) is 6. The zero-order valence-electron chi connectivity index (χ0n) is 18.1. The molecular weight excluding hydrogens is 434 g/mol. The summed E-state index contributed by atoms with van der Waals surface area (Å²) in [4.78, 5) is 45.4. The number of cyclic esters (lactones) is 1. The number of likely N-dealkylation sites (tertiary alicyclic amines) is 1. The number of amides is 3. The van der Waals surface area contributed by atoms with Gasteiger partial charge in [-0.1, -0.05) is 66.7 Å². The van der Waals surface area contributed by atoms with Crippen LogP contribution in [0.2, 0.25) is 0 Å². The second-order valence-corrected chi connectivity index (χ2v) is 7.88. The molecule has 1 aromatic heterocycles. The second kappa shape index (κ2) is 9.19. The summed E-state index contributed by atoms with van der Waals surface area (Å²) in [6, 6.07) is 19.4. The van der Waals surface area contributed by atoms with Gasteiger partial charge in [0.25, 0.3) is 5.91 Å². The van der Waals surface area contributed by atoms with Gasteiger partial charge in [0.1, 0.15) is 18.4 Å². The molecule has 2 fully saturated rings. The predicted molar refractivity (Wildman–Crippen MR) is 123 cm³/mol. The molecule has 0 aliphatic carbocycles. The van der Waals surface area contributed by atoms with Crippen molar-refractivity contribution in [3.05, 3.63) is 102 Å². The van der Waals surface area contributed by atoms with E-state index in [2.05, 4.69) is 4.98 Å². The molecule has 3 amide bonds. The fourth-order valence-electron chi connectivity index (χ4n) is 4.18. The normalized spacial score (nSPS) is 21.9. The van der Waals surface area contributed by atoms with E-state index in [-0.39, 0.29) is 6.61 Å². The molecule has 3 heterocycles. The quantitative estimate of drug-likeness (QED) is 0.539. The topological polar surface area (TPSA) is 89.0 Å². The molecule has 2 saturated heterocycles. The highest BCUT2D eigenvalue weighted by molar-refractivity contribution is 6.04. The first kappa shape index (κ1) is 21.4. The Morgan fingerprint density at radius 2 is 1.74 bits per heavy atom. The Labute approximate surface area is 196 Å². The van der Waals surface area contributed by atoms with E-state index in [1.54, 1.807) is 60.9 Å². The number of carbonyl (C=O) groups excluding carboxylic acids is 3. The number of hydrogen-bond donors (Lipinski definition) is 0. The van der Waals surface area contributed by atoms with Crippen LogP contribution in [0.1, 0.15) is 17.2 Å². The highest BCUT2D eigenvalue weighted by atomic mass is 16.6. The summed E-state index contributed by atoms with van der Waals surface area (Å²) in [6.07, 6.45) is 5.39. The lowest BCUT2D eigenvalue weighted by atomic mass is 9.91. The van der Waals surface area contributed by atoms with Gasteiger partial charge in [-0.3, -0.25) is 14.7 Å². The molecule has 3 aromatic rings. The van der Waals surface area contributed by atoms with Crippen LogP contribution in [0.25, 0.3) is 6.08 Å². The summed E-state index contributed by atoms with van der Waals surface area (Å²) in [5.74, 6) is -0.206. The second-order valence-electron chi connectivity index (χ2n) is 7.88. The summed E-state index contributed by atoms with van der Waals surface area (Å²) < 4.78 is 10.7. The summed E-state index contributed by atoms with van der Waals surface area (Å²) in [5, 5.41) is 0. The number of β-lactam (4-membered cyclic amide) rings is 1. The Kier molecular flexibility index (Phi) is 5.78. The van der Waals surface area contributed by atoms with Gasteiger partial charge < -0.3 is 9.47 Å². The van der Waals surface area contributed by atoms with Crippen LogP contribution in [0.5, 0.6) is 5.75 Å². The Morgan fingerprint density at radius 3 is 2.44 bits per heavy atom. The van der Waals surface area contributed by atoms with E-state index in [9.17, 15) is 14.4 Å². The number of carbonyl (C=O) groups is 3. The van der Waals surface area contributed by atoms with Crippen molar-refractivity contribution in [3.8, 4) is 5.75 Å². The van der Waals surface area contributed by atoms with Crippen LogP contribution in [0.4, 0.5) is 9.59 Å². The molecule has 0 spiro atoms. The van der Waals surface area contributed by atoms with Crippen molar-refractivity contribution in [2.75, 3.05) is 6.61 Å². The molecule has 2 aliphatic heterocycles. The van der Waals surface area contributed by atoms with Gasteiger partial charge >= 0.3 is 12.2 Å². The maximum atomic E-state index is 13.3. The summed E-state index contributed by atoms with van der Waals surface area (Å²) in [5.41, 5.74) is 1.64. The van der Waals surface area contributed by atoms with E-state index in [1.807, 2.05) is 36.4 Å². The molecule has 170 valence electrons. The third-order valence-corrected chi connectivity index (χ3v) is 5.82. The van der Waals surface area contributed by atoms with Crippen molar-refractivity contribution in [2.24, 2.45) is 0 Å². The van der Waals surface area contributed by atoms with Gasteiger partial charge in [0.2, 0.25) is 0 Å². The van der Waals surface area contributed by atoms with Crippen LogP contribution in [-0.4, -0.2) is 51.6 Å². The van der Waals surface area contributed by atoms with Crippen molar-refractivity contribution in [1.82, 2.24) is 14.8 Å². The third-order valence-electron chi connectivity index (χ3n) is 5.82. The van der Waals surface area contributed by atoms with E-state index in [4.69, 9.17) is 9.47 Å². The molecule has 2 unspecified atom stereocenters. The Hall–Kier alpha value is -4.46. The van der Waals surface area contributed by atoms with Crippen molar-refractivity contribution in [3.63, 3.8) is 0 Å². The SMILES string of the molecule is O=C(Oc1ccccc1)N1C(=O)C(N2C(=O)OC[C@@H]2c2ccccc2)C1C=Cc1cccnc1. The first-order chi connectivity index (χ1) is 16.6. The number of rotatable bonds is 5. The van der Waals surface area contributed by atoms with Crippen LogP contribution in [0.3, 0.4) is 0 Å². The lowest BCUT2D eigenvalue weighted by Gasteiger charge is -2.47. The van der Waals surface area contributed by atoms with Gasteiger partial charge in [-0.05, 0) is 29.3 Å². The fraction of sp³-hybridized carbons (Fsp3) is 0.154. The largest absolute Gasteiger partial charge is 0.447 e. The highest BCUT2D eigenvalue weighted by Gasteiger charge is 2.58. The zero-order valence-corrected chi connectivity index (χ0v) is 18.1. The minimum Gasteiger partial charge on any atom is -0.447 e. The van der Waals surface area contributed by atoms with E-state index in [0.717, 1.165) is 16.0 Å². The number of nitrogens with zero attached hydrogens (tertiary/aromatic N) is 3. The maximum Gasteiger partial charge on any atom is 0.422 e. The molecule has 34 heavy (non-hydrogen) atoms. The third kappa shape index (κ3) is 4.01. The molecular formula is C26H21N3O5. The van der Waals surface area contributed by atoms with Crippen LogP contribution >= 0.6 is 0 Å². The lowest BCUT2D eigenvalue weighted by Crippen LogP contribution is -2.72. The smallest absolute Gasteiger partial charge is 0.422 e. The molecule has 8 heteroatoms. The first-order valence-electron chi connectivity index (χ1n) is 10.8. The predicted octanol–water partition coefficient (Wildman–Crippen LogP) is 4.07. The number of benzene rings is 2. The number of imide groups is 1. The average molecular weight is 455 g/mol. The lowest BCUT2D eigenvalue weighted by molar-refractivity contribution is -0.150. The zero-order chi connectivity index (χ0) is 23.5. The number of para-hydroxylation sites is 1. The van der Waals surface area contributed by atoms with Gasteiger partial charge in [-0.25, -0.2) is 14.5 Å². The van der Waals surface area contributed by atoms with Gasteiger partial charge in [-0.15, -0.1) is 0 Å². The van der Waals surface area contributed by atoms with Crippen LogP contribution in [0, 0.1) is 0 Å². The van der Waals surface area contributed by atoms with Crippen molar-refractivity contribution in [2.45, 2.75) is 18.1 Å². The van der Waals surface area contributed by atoms with Crippen LogP contribution in [-0.2, 0) is 9.53 Å². The van der Waals surface area contributed by atoms with Crippen LogP contribution in [0.15, 0.2) is 91.3 Å². The minimum absolute atomic E-state index is 0.125. The Bertz CT molecular complexity index is 1220. The van der Waals surface area contributed by atoms with Crippen molar-refractivity contribution in [1.29, 1.82) is 0 Å². The van der Waals surface area contributed by atoms with E-state index >= 15 is 0 Å². The molecule has 0 bridgehead atoms. The Balaban J connectivity index is 1.45. The summed E-state index contributed by atoms with van der Waals surface area (Å²) >= 11 is 0. The fourth-order valence-corrected chi connectivity index (χ4v) is 4.18. The molecule has 8 nitrogen and oxygen atoms in total. The Morgan fingerprint density at radius 1 is 1.00 bits per heavy atom. The van der Waals surface area contributed by atoms with E-state index in [0.29, 0.717) is 5.75 Å². The summed E-state index contributed by atoms with van der Waals surface area (Å²) in [6.45, 7) is 0.125. The molecule has 0 radical (unpaired) electrons. The van der Waals surface area contributed by atoms with E-state index in [1.165, 1.54) is 4.90 Å². The molecule has 2 aromatic carbocycles. The molecule has 3 atom stereocenters. The standard InChI is InChI=1S/C26H21N3O5/c30-24-23(28-22(17-33-25(28)31)19-9-3-1-4-10-19)21(14-13-18-8-7-15-27-16-18)29(24)26(32)34-20-11-5-2-6-12-20/h1-16,21-23H,17H2/t21?,22-,23?/m1/s1. The molecule has 0 saturated carbocycles. The number of aromatic nitrogens is 1. The van der Waals surface area contributed by atoms with Gasteiger partial charge in [0.15, 0.2) is 0 Å². The van der Waals surface area contributed by atoms with Gasteiger partial charge in [-0.2, -0.15) is 0 Å². The highest BCUT2D eigenvalue weighted by Crippen LogP contribution is 2.37. The van der Waals surface area contributed by atoms with Crippen LogP contribution < -0.4 is 4.74 Å². The molecule has 0 N–H and O–H groups in total.